The SMILES string of the molecule is CCc1cc(CC)c(N=Cc2cc(Cl)cc(C=Nc3c(CC)cc(CC)cc3CC)n2)c(CC)c1.[Cl-].[Cl-].[Fe+2]. The van der Waals surface area contributed by atoms with Crippen LogP contribution in [0.4, 0.5) is 11.4 Å². The Kier molecular flexibility index (Phi) is 17.0. The molecule has 0 aliphatic rings. The Morgan fingerprint density at radius 1 is 0.579 bits per heavy atom. The third-order valence-electron chi connectivity index (χ3n) is 6.48. The Hall–Kier alpha value is -1.68. The standard InChI is InChI=1S/C31H38ClN3.2ClH.Fe/c1-7-21-13-23(9-3)30(24(10-4)14-21)33-19-28-17-27(32)18-29(35-28)20-34-31-25(11-5)15-22(8-2)16-26(31)12-6;;;/h13-20H,7-12H2,1-6H3;2*1H;/q;;;+2/p-2. The maximum atomic E-state index is 6.46. The van der Waals surface area contributed by atoms with Crippen LogP contribution in [0.3, 0.4) is 0 Å². The molecule has 3 rings (SSSR count). The van der Waals surface area contributed by atoms with Crippen LogP contribution in [0.1, 0.15) is 86.3 Å². The van der Waals surface area contributed by atoms with E-state index in [0.29, 0.717) is 5.02 Å². The van der Waals surface area contributed by atoms with Crippen LogP contribution in [0, 0.1) is 0 Å². The molecule has 1 aromatic heterocycles. The van der Waals surface area contributed by atoms with E-state index in [2.05, 4.69) is 65.8 Å². The molecule has 38 heavy (non-hydrogen) atoms. The maximum absolute atomic E-state index is 6.46. The summed E-state index contributed by atoms with van der Waals surface area (Å²) in [5, 5.41) is 0.628. The van der Waals surface area contributed by atoms with Crippen molar-refractivity contribution >= 4 is 35.4 Å². The number of benzene rings is 2. The third kappa shape index (κ3) is 9.21. The van der Waals surface area contributed by atoms with Crippen molar-refractivity contribution in [1.29, 1.82) is 0 Å². The number of aliphatic imine (C=N–C) groups is 2. The second-order valence-corrected chi connectivity index (χ2v) is 9.23. The summed E-state index contributed by atoms with van der Waals surface area (Å²) in [6.07, 6.45) is 9.51. The minimum Gasteiger partial charge on any atom is -1.00 e. The van der Waals surface area contributed by atoms with E-state index in [0.717, 1.165) is 61.3 Å². The molecule has 0 saturated carbocycles. The Morgan fingerprint density at radius 2 is 0.895 bits per heavy atom. The molecule has 0 spiro atoms. The molecule has 3 aromatic rings. The molecule has 0 fully saturated rings. The number of nitrogens with zero attached hydrogens (tertiary/aromatic N) is 3. The number of pyridine rings is 1. The smallest absolute Gasteiger partial charge is 1.00 e. The van der Waals surface area contributed by atoms with Crippen molar-refractivity contribution in [3.63, 3.8) is 0 Å². The van der Waals surface area contributed by atoms with Crippen LogP contribution in [-0.4, -0.2) is 17.4 Å². The van der Waals surface area contributed by atoms with Gasteiger partial charge in [-0.2, -0.15) is 0 Å². The zero-order valence-corrected chi connectivity index (χ0v) is 26.6. The molecule has 0 aliphatic heterocycles. The summed E-state index contributed by atoms with van der Waals surface area (Å²) in [7, 11) is 0. The van der Waals surface area contributed by atoms with Crippen LogP contribution in [0.25, 0.3) is 0 Å². The van der Waals surface area contributed by atoms with Gasteiger partial charge in [-0.25, -0.2) is 4.98 Å². The molecular weight excluding hydrogens is 577 g/mol. The van der Waals surface area contributed by atoms with E-state index in [1.165, 1.54) is 33.4 Å². The first-order chi connectivity index (χ1) is 17.0. The monoisotopic (exact) mass is 613 g/mol. The van der Waals surface area contributed by atoms with Gasteiger partial charge in [0.2, 0.25) is 0 Å². The first-order valence-corrected chi connectivity index (χ1v) is 13.4. The number of hydrogen-bond acceptors (Lipinski definition) is 3. The molecule has 7 heteroatoms. The fraction of sp³-hybridized carbons (Fsp3) is 0.387. The van der Waals surface area contributed by atoms with Gasteiger partial charge in [-0.1, -0.05) is 77.4 Å². The zero-order valence-electron chi connectivity index (χ0n) is 23.2. The second kappa shape index (κ2) is 17.8. The van der Waals surface area contributed by atoms with Crippen molar-refractivity contribution in [2.24, 2.45) is 9.98 Å². The molecule has 3 nitrogen and oxygen atoms in total. The molecule has 2 aromatic carbocycles. The number of halogens is 3. The van der Waals surface area contributed by atoms with Crippen molar-refractivity contribution in [1.82, 2.24) is 4.98 Å². The van der Waals surface area contributed by atoms with Crippen LogP contribution in [0.5, 0.6) is 0 Å². The van der Waals surface area contributed by atoms with E-state index >= 15 is 0 Å². The van der Waals surface area contributed by atoms with Crippen molar-refractivity contribution in [3.05, 3.63) is 86.2 Å². The zero-order chi connectivity index (χ0) is 25.4. The van der Waals surface area contributed by atoms with E-state index in [1.54, 1.807) is 0 Å². The summed E-state index contributed by atoms with van der Waals surface area (Å²) in [5.41, 5.74) is 11.4. The van der Waals surface area contributed by atoms with Crippen molar-refractivity contribution < 1.29 is 41.9 Å². The van der Waals surface area contributed by atoms with Gasteiger partial charge in [-0.05, 0) is 84.0 Å². The van der Waals surface area contributed by atoms with Gasteiger partial charge >= 0.3 is 17.1 Å². The van der Waals surface area contributed by atoms with E-state index in [-0.39, 0.29) is 41.9 Å². The molecule has 0 bridgehead atoms. The van der Waals surface area contributed by atoms with Crippen LogP contribution in [0.2, 0.25) is 5.02 Å². The Labute approximate surface area is 257 Å². The van der Waals surface area contributed by atoms with Crippen LogP contribution in [-0.2, 0) is 55.6 Å². The molecule has 0 saturated heterocycles. The molecule has 1 heterocycles. The van der Waals surface area contributed by atoms with Gasteiger partial charge in [-0.3, -0.25) is 9.98 Å². The van der Waals surface area contributed by atoms with Gasteiger partial charge in [0.1, 0.15) is 0 Å². The minimum atomic E-state index is 0. The number of aryl methyl sites for hydroxylation is 6. The van der Waals surface area contributed by atoms with Crippen molar-refractivity contribution in [3.8, 4) is 0 Å². The normalized spacial score (nSPS) is 10.8. The molecule has 0 radical (unpaired) electrons. The molecule has 0 atom stereocenters. The molecular formula is C31H38Cl3FeN3. The Morgan fingerprint density at radius 3 is 1.16 bits per heavy atom. The topological polar surface area (TPSA) is 37.6 Å². The molecule has 206 valence electrons. The summed E-state index contributed by atoms with van der Waals surface area (Å²) in [5.74, 6) is 0. The minimum absolute atomic E-state index is 0. The van der Waals surface area contributed by atoms with E-state index in [1.807, 2.05) is 24.6 Å². The quantitative estimate of drug-likeness (QED) is 0.256. The summed E-state index contributed by atoms with van der Waals surface area (Å²) in [6.45, 7) is 13.1. The fourth-order valence-electron chi connectivity index (χ4n) is 4.41. The first kappa shape index (κ1) is 36.3. The van der Waals surface area contributed by atoms with Crippen LogP contribution < -0.4 is 24.8 Å². The summed E-state index contributed by atoms with van der Waals surface area (Å²) in [6, 6.07) is 12.8. The Bertz CT molecular complexity index is 1100. The largest absolute Gasteiger partial charge is 2.00 e. The van der Waals surface area contributed by atoms with Gasteiger partial charge < -0.3 is 24.8 Å². The number of hydrogen-bond donors (Lipinski definition) is 0. The average molecular weight is 615 g/mol. The molecule has 0 aliphatic carbocycles. The Balaban J connectivity index is 0.00000456. The summed E-state index contributed by atoms with van der Waals surface area (Å²) in [4.78, 5) is 14.5. The summed E-state index contributed by atoms with van der Waals surface area (Å²) >= 11 is 6.46. The van der Waals surface area contributed by atoms with Crippen LogP contribution >= 0.6 is 11.6 Å². The molecule has 0 unspecified atom stereocenters. The summed E-state index contributed by atoms with van der Waals surface area (Å²) < 4.78 is 0. The van der Waals surface area contributed by atoms with E-state index in [9.17, 15) is 0 Å². The van der Waals surface area contributed by atoms with Gasteiger partial charge in [0, 0.05) is 5.02 Å². The fourth-order valence-corrected chi connectivity index (χ4v) is 4.64. The first-order valence-electron chi connectivity index (χ1n) is 13.0. The third-order valence-corrected chi connectivity index (χ3v) is 6.70. The predicted molar refractivity (Wildman–Crippen MR) is 153 cm³/mol. The van der Waals surface area contributed by atoms with E-state index in [4.69, 9.17) is 26.6 Å². The number of aromatic nitrogens is 1. The second-order valence-electron chi connectivity index (χ2n) is 8.80. The number of rotatable bonds is 10. The van der Waals surface area contributed by atoms with Gasteiger partial charge in [0.05, 0.1) is 35.2 Å². The van der Waals surface area contributed by atoms with Gasteiger partial charge in [0.25, 0.3) is 0 Å². The molecule has 0 amide bonds. The predicted octanol–water partition coefficient (Wildman–Crippen LogP) is 2.62. The maximum Gasteiger partial charge on any atom is 2.00 e. The molecule has 0 N–H and O–H groups in total. The van der Waals surface area contributed by atoms with Crippen molar-refractivity contribution in [2.75, 3.05) is 0 Å². The van der Waals surface area contributed by atoms with Crippen LogP contribution in [0.15, 0.2) is 46.4 Å². The van der Waals surface area contributed by atoms with Gasteiger partial charge in [-0.15, -0.1) is 0 Å². The van der Waals surface area contributed by atoms with Crippen molar-refractivity contribution in [2.45, 2.75) is 80.1 Å². The average Bonchev–Trinajstić information content (AvgIpc) is 2.89. The van der Waals surface area contributed by atoms with E-state index < -0.39 is 0 Å². The van der Waals surface area contributed by atoms with Gasteiger partial charge in [0.15, 0.2) is 0 Å².